The number of nitrogens with zero attached hydrogens (tertiary/aromatic N) is 2. The Balaban J connectivity index is 2.03. The van der Waals surface area contributed by atoms with Crippen LogP contribution in [0.1, 0.15) is 11.9 Å². The molecule has 0 N–H and O–H groups in total. The van der Waals surface area contributed by atoms with Gasteiger partial charge < -0.3 is 9.47 Å². The van der Waals surface area contributed by atoms with E-state index in [4.69, 9.17) is 14.1 Å². The van der Waals surface area contributed by atoms with Gasteiger partial charge in [-0.1, -0.05) is 24.3 Å². The van der Waals surface area contributed by atoms with E-state index in [1.54, 1.807) is 0 Å². The average molecular weight is 242 g/mol. The molecule has 0 unspecified atom stereocenters. The van der Waals surface area contributed by atoms with Crippen molar-refractivity contribution in [3.05, 3.63) is 35.9 Å². The molecular formula is C13H10N2O3. The van der Waals surface area contributed by atoms with E-state index >= 15 is 0 Å². The van der Waals surface area contributed by atoms with Gasteiger partial charge in [-0.25, -0.2) is 4.63 Å². The first kappa shape index (κ1) is 9.99. The third kappa shape index (κ3) is 1.35. The summed E-state index contributed by atoms with van der Waals surface area (Å²) in [7, 11) is 0. The summed E-state index contributed by atoms with van der Waals surface area (Å²) in [5.74, 6) is 0. The number of hydrogen-bond acceptors (Lipinski definition) is 5. The highest BCUT2D eigenvalue weighted by molar-refractivity contribution is 6.04. The van der Waals surface area contributed by atoms with Gasteiger partial charge in [0.05, 0.1) is 13.2 Å². The average Bonchev–Trinajstić information content (AvgIpc) is 3.09. The molecule has 4 rings (SSSR count). The Morgan fingerprint density at radius 2 is 1.83 bits per heavy atom. The summed E-state index contributed by atoms with van der Waals surface area (Å²) in [5.41, 5.74) is 2.55. The van der Waals surface area contributed by atoms with Crippen molar-refractivity contribution in [1.29, 1.82) is 0 Å². The Hall–Kier alpha value is -1.98. The second-order valence-electron chi connectivity index (χ2n) is 4.21. The van der Waals surface area contributed by atoms with Crippen LogP contribution in [0.4, 0.5) is 0 Å². The lowest BCUT2D eigenvalue weighted by Crippen LogP contribution is -1.98. The lowest BCUT2D eigenvalue weighted by atomic mass is 10.0. The van der Waals surface area contributed by atoms with E-state index < -0.39 is 0 Å². The summed E-state index contributed by atoms with van der Waals surface area (Å²) >= 11 is 0. The van der Waals surface area contributed by atoms with Crippen LogP contribution in [0.3, 0.4) is 0 Å². The maximum atomic E-state index is 5.56. The molecule has 2 aromatic carbocycles. The molecule has 3 aromatic rings. The minimum Gasteiger partial charge on any atom is -0.346 e. The van der Waals surface area contributed by atoms with Crippen LogP contribution in [0.2, 0.25) is 0 Å². The van der Waals surface area contributed by atoms with Gasteiger partial charge in [-0.2, -0.15) is 0 Å². The van der Waals surface area contributed by atoms with E-state index in [9.17, 15) is 0 Å². The van der Waals surface area contributed by atoms with Gasteiger partial charge in [-0.3, -0.25) is 0 Å². The van der Waals surface area contributed by atoms with Crippen LogP contribution in [-0.4, -0.2) is 23.5 Å². The predicted molar refractivity (Wildman–Crippen MR) is 64.0 cm³/mol. The molecule has 1 aliphatic heterocycles. The Kier molecular flexibility index (Phi) is 2.09. The van der Waals surface area contributed by atoms with Crippen molar-refractivity contribution in [2.45, 2.75) is 6.29 Å². The molecule has 0 amide bonds. The number of hydrogen-bond donors (Lipinski definition) is 0. The first-order chi connectivity index (χ1) is 8.93. The summed E-state index contributed by atoms with van der Waals surface area (Å²) < 4.78 is 15.9. The zero-order chi connectivity index (χ0) is 11.9. The normalized spacial score (nSPS) is 16.9. The van der Waals surface area contributed by atoms with E-state index in [2.05, 4.69) is 10.3 Å². The van der Waals surface area contributed by atoms with Crippen molar-refractivity contribution in [2.75, 3.05) is 13.2 Å². The van der Waals surface area contributed by atoms with Crippen LogP contribution in [0, 0.1) is 0 Å². The quantitative estimate of drug-likeness (QED) is 0.656. The number of rotatable bonds is 1. The van der Waals surface area contributed by atoms with Crippen molar-refractivity contribution in [2.24, 2.45) is 0 Å². The standard InChI is InChI=1S/C13H10N2O3/c1-2-9-8(4-5-11-12(9)15-18-14-11)10(3-1)13-16-6-7-17-13/h1-5,13H,6-7H2. The van der Waals surface area contributed by atoms with Gasteiger partial charge in [0, 0.05) is 10.9 Å². The Bertz CT molecular complexity index is 716. The second kappa shape index (κ2) is 3.76. The van der Waals surface area contributed by atoms with Gasteiger partial charge in [0.25, 0.3) is 0 Å². The zero-order valence-corrected chi connectivity index (χ0v) is 9.50. The van der Waals surface area contributed by atoms with Crippen LogP contribution >= 0.6 is 0 Å². The van der Waals surface area contributed by atoms with Crippen molar-refractivity contribution >= 4 is 21.8 Å². The Morgan fingerprint density at radius 3 is 2.72 bits per heavy atom. The molecule has 1 fully saturated rings. The monoisotopic (exact) mass is 242 g/mol. The summed E-state index contributed by atoms with van der Waals surface area (Å²) in [6, 6.07) is 9.88. The molecule has 1 aliphatic rings. The molecule has 0 saturated carbocycles. The number of benzene rings is 2. The zero-order valence-electron chi connectivity index (χ0n) is 9.50. The number of aromatic nitrogens is 2. The number of fused-ring (bicyclic) bond motifs is 3. The third-order valence-electron chi connectivity index (χ3n) is 3.19. The minimum absolute atomic E-state index is 0.286. The predicted octanol–water partition coefficient (Wildman–Crippen LogP) is 2.42. The highest BCUT2D eigenvalue weighted by atomic mass is 16.7. The van der Waals surface area contributed by atoms with Crippen molar-refractivity contribution in [3.63, 3.8) is 0 Å². The largest absolute Gasteiger partial charge is 0.346 e. The molecule has 1 aromatic heterocycles. The van der Waals surface area contributed by atoms with E-state index in [1.807, 2.05) is 30.3 Å². The molecular weight excluding hydrogens is 232 g/mol. The third-order valence-corrected chi connectivity index (χ3v) is 3.19. The molecule has 1 saturated heterocycles. The van der Waals surface area contributed by atoms with E-state index in [0.29, 0.717) is 13.2 Å². The van der Waals surface area contributed by atoms with Crippen LogP contribution in [0.15, 0.2) is 35.0 Å². The number of ether oxygens (including phenoxy) is 2. The Labute approximate surface area is 102 Å². The van der Waals surface area contributed by atoms with Crippen molar-refractivity contribution < 1.29 is 14.1 Å². The molecule has 90 valence electrons. The molecule has 0 bridgehead atoms. The maximum Gasteiger partial charge on any atom is 0.184 e. The molecule has 5 heteroatoms. The van der Waals surface area contributed by atoms with Crippen molar-refractivity contribution in [3.8, 4) is 0 Å². The van der Waals surface area contributed by atoms with E-state index in [-0.39, 0.29) is 6.29 Å². The minimum atomic E-state index is -0.286. The van der Waals surface area contributed by atoms with E-state index in [0.717, 1.165) is 27.4 Å². The fourth-order valence-electron chi connectivity index (χ4n) is 2.37. The van der Waals surface area contributed by atoms with Gasteiger partial charge >= 0.3 is 0 Å². The van der Waals surface area contributed by atoms with Crippen LogP contribution in [0.5, 0.6) is 0 Å². The summed E-state index contributed by atoms with van der Waals surface area (Å²) in [5, 5.41) is 9.86. The van der Waals surface area contributed by atoms with Gasteiger partial charge in [0.15, 0.2) is 6.29 Å². The lowest BCUT2D eigenvalue weighted by molar-refractivity contribution is -0.0429. The fraction of sp³-hybridized carbons (Fsp3) is 0.231. The molecule has 5 nitrogen and oxygen atoms in total. The second-order valence-corrected chi connectivity index (χ2v) is 4.21. The fourth-order valence-corrected chi connectivity index (χ4v) is 2.37. The van der Waals surface area contributed by atoms with Crippen LogP contribution in [0.25, 0.3) is 21.8 Å². The molecule has 0 radical (unpaired) electrons. The molecule has 0 atom stereocenters. The molecule has 2 heterocycles. The topological polar surface area (TPSA) is 57.4 Å². The van der Waals surface area contributed by atoms with Gasteiger partial charge in [-0.05, 0) is 21.8 Å². The SMILES string of the molecule is c1cc(C2OCCO2)c2ccc3nonc3c2c1. The van der Waals surface area contributed by atoms with Gasteiger partial charge in [0.2, 0.25) is 0 Å². The summed E-state index contributed by atoms with van der Waals surface area (Å²) in [6.45, 7) is 1.27. The summed E-state index contributed by atoms with van der Waals surface area (Å²) in [4.78, 5) is 0. The molecule has 18 heavy (non-hydrogen) atoms. The van der Waals surface area contributed by atoms with Gasteiger partial charge in [0.1, 0.15) is 11.0 Å². The van der Waals surface area contributed by atoms with Crippen LogP contribution in [-0.2, 0) is 9.47 Å². The first-order valence-electron chi connectivity index (χ1n) is 5.80. The smallest absolute Gasteiger partial charge is 0.184 e. The molecule has 0 aliphatic carbocycles. The van der Waals surface area contributed by atoms with Crippen molar-refractivity contribution in [1.82, 2.24) is 10.3 Å². The molecule has 0 spiro atoms. The highest BCUT2D eigenvalue weighted by Crippen LogP contribution is 2.32. The highest BCUT2D eigenvalue weighted by Gasteiger charge is 2.21. The van der Waals surface area contributed by atoms with Crippen LogP contribution < -0.4 is 0 Å². The van der Waals surface area contributed by atoms with Gasteiger partial charge in [-0.15, -0.1) is 0 Å². The van der Waals surface area contributed by atoms with E-state index in [1.165, 1.54) is 0 Å². The Morgan fingerprint density at radius 1 is 0.944 bits per heavy atom. The first-order valence-corrected chi connectivity index (χ1v) is 5.80. The lowest BCUT2D eigenvalue weighted by Gasteiger charge is -2.12. The summed E-state index contributed by atoms with van der Waals surface area (Å²) in [6.07, 6.45) is -0.286. The maximum absolute atomic E-state index is 5.56.